The molecule has 4 aromatic rings. The van der Waals surface area contributed by atoms with Gasteiger partial charge in [0.25, 0.3) is 5.91 Å². The number of nitrogen functional groups attached to an aromatic ring is 1. The third-order valence-electron chi connectivity index (χ3n) is 6.41. The number of primary amides is 1. The van der Waals surface area contributed by atoms with Crippen molar-refractivity contribution in [3.8, 4) is 28.3 Å². The first kappa shape index (κ1) is 21.9. The van der Waals surface area contributed by atoms with Crippen molar-refractivity contribution in [2.75, 3.05) is 12.3 Å². The predicted molar refractivity (Wildman–Crippen MR) is 134 cm³/mol. The zero-order valence-corrected chi connectivity index (χ0v) is 19.1. The highest BCUT2D eigenvalue weighted by atomic mass is 16.2. The fourth-order valence-corrected chi connectivity index (χ4v) is 4.61. The highest BCUT2D eigenvalue weighted by molar-refractivity contribution is 6.07. The lowest BCUT2D eigenvalue weighted by Crippen LogP contribution is -2.30. The summed E-state index contributed by atoms with van der Waals surface area (Å²) < 4.78 is 1.79. The Morgan fingerprint density at radius 3 is 2.71 bits per heavy atom. The molecule has 1 aliphatic heterocycles. The van der Waals surface area contributed by atoms with Crippen LogP contribution in [0.5, 0.6) is 0 Å². The number of aromatic nitrogens is 2. The van der Waals surface area contributed by atoms with Crippen LogP contribution in [0.3, 0.4) is 0 Å². The lowest BCUT2D eigenvalue weighted by Gasteiger charge is -2.16. The number of hydrogen-bond donors (Lipinski definition) is 2. The second kappa shape index (κ2) is 8.15. The van der Waals surface area contributed by atoms with E-state index in [0.717, 1.165) is 38.7 Å². The number of hydrogen-bond acceptors (Lipinski definition) is 5. The molecule has 3 aromatic carbocycles. The van der Waals surface area contributed by atoms with Crippen LogP contribution in [-0.2, 0) is 18.4 Å². The highest BCUT2D eigenvalue weighted by Gasteiger charge is 2.32. The summed E-state index contributed by atoms with van der Waals surface area (Å²) >= 11 is 0. The van der Waals surface area contributed by atoms with Crippen LogP contribution in [0, 0.1) is 11.3 Å². The number of nitrogens with zero attached hydrogens (tertiary/aromatic N) is 4. The molecule has 8 heteroatoms. The van der Waals surface area contributed by atoms with Gasteiger partial charge in [0, 0.05) is 30.2 Å². The van der Waals surface area contributed by atoms with Crippen LogP contribution in [0.25, 0.3) is 33.2 Å². The predicted octanol–water partition coefficient (Wildman–Crippen LogP) is 3.36. The maximum absolute atomic E-state index is 13.2. The standard InChI is InChI=1S/C27H22N6O2/c1-15(26(30)34)13-33-14-22-19(6-7-23(29)25(22)27(33)35)18-9-20(17-5-3-4-16(8-17)11-28)21-12-31-32(2)24(21)10-18/h3-10,12H,1,13-14,29H2,2H3,(H2,30,34). The van der Waals surface area contributed by atoms with E-state index in [-0.39, 0.29) is 24.6 Å². The molecule has 4 N–H and O–H groups in total. The number of nitrogens with two attached hydrogens (primary N) is 2. The molecule has 5 rings (SSSR count). The Balaban J connectivity index is 1.69. The van der Waals surface area contributed by atoms with Crippen molar-refractivity contribution in [3.05, 3.63) is 83.6 Å². The molecule has 2 heterocycles. The number of fused-ring (bicyclic) bond motifs is 2. The van der Waals surface area contributed by atoms with Crippen molar-refractivity contribution in [3.63, 3.8) is 0 Å². The van der Waals surface area contributed by atoms with Gasteiger partial charge >= 0.3 is 0 Å². The molecular weight excluding hydrogens is 440 g/mol. The maximum atomic E-state index is 13.2. The van der Waals surface area contributed by atoms with Gasteiger partial charge in [0.1, 0.15) is 0 Å². The van der Waals surface area contributed by atoms with Crippen LogP contribution in [0.15, 0.2) is 66.9 Å². The Morgan fingerprint density at radius 1 is 1.17 bits per heavy atom. The summed E-state index contributed by atoms with van der Waals surface area (Å²) in [6, 6.07) is 17.3. The molecule has 172 valence electrons. The van der Waals surface area contributed by atoms with E-state index in [9.17, 15) is 14.9 Å². The second-order valence-electron chi connectivity index (χ2n) is 8.60. The smallest absolute Gasteiger partial charge is 0.256 e. The van der Waals surface area contributed by atoms with Crippen molar-refractivity contribution in [2.24, 2.45) is 12.8 Å². The molecule has 0 spiro atoms. The molecule has 1 aromatic heterocycles. The van der Waals surface area contributed by atoms with E-state index in [0.29, 0.717) is 16.8 Å². The molecule has 0 fully saturated rings. The minimum absolute atomic E-state index is 0.0364. The first-order valence-corrected chi connectivity index (χ1v) is 10.9. The normalized spacial score (nSPS) is 12.6. The number of amides is 2. The third-order valence-corrected chi connectivity index (χ3v) is 6.41. The number of benzene rings is 3. The molecule has 0 unspecified atom stereocenters. The Labute approximate surface area is 201 Å². The van der Waals surface area contributed by atoms with Crippen molar-refractivity contribution in [1.82, 2.24) is 14.7 Å². The Morgan fingerprint density at radius 2 is 1.97 bits per heavy atom. The van der Waals surface area contributed by atoms with Gasteiger partial charge in [-0.25, -0.2) is 0 Å². The summed E-state index contributed by atoms with van der Waals surface area (Å²) in [6.45, 7) is 4.00. The number of aryl methyl sites for hydroxylation is 1. The summed E-state index contributed by atoms with van der Waals surface area (Å²) in [5.74, 6) is -0.904. The van der Waals surface area contributed by atoms with Crippen LogP contribution in [0.1, 0.15) is 21.5 Å². The third kappa shape index (κ3) is 3.60. The minimum atomic E-state index is -0.646. The molecule has 0 saturated heterocycles. The van der Waals surface area contributed by atoms with E-state index in [2.05, 4.69) is 17.7 Å². The fourth-order valence-electron chi connectivity index (χ4n) is 4.61. The van der Waals surface area contributed by atoms with Crippen LogP contribution in [0.2, 0.25) is 0 Å². The van der Waals surface area contributed by atoms with E-state index in [4.69, 9.17) is 11.5 Å². The highest BCUT2D eigenvalue weighted by Crippen LogP contribution is 2.40. The van der Waals surface area contributed by atoms with Crippen LogP contribution < -0.4 is 11.5 Å². The van der Waals surface area contributed by atoms with E-state index in [1.165, 1.54) is 4.90 Å². The van der Waals surface area contributed by atoms with E-state index in [1.807, 2.05) is 49.6 Å². The molecule has 0 saturated carbocycles. The number of anilines is 1. The molecule has 35 heavy (non-hydrogen) atoms. The lowest BCUT2D eigenvalue weighted by atomic mass is 9.91. The largest absolute Gasteiger partial charge is 0.398 e. The van der Waals surface area contributed by atoms with E-state index < -0.39 is 5.91 Å². The quantitative estimate of drug-likeness (QED) is 0.347. The molecule has 0 aliphatic carbocycles. The lowest BCUT2D eigenvalue weighted by molar-refractivity contribution is -0.114. The average Bonchev–Trinajstić information content (AvgIpc) is 3.39. The van der Waals surface area contributed by atoms with Crippen molar-refractivity contribution < 1.29 is 9.59 Å². The zero-order chi connectivity index (χ0) is 24.9. The van der Waals surface area contributed by atoms with Crippen LogP contribution >= 0.6 is 0 Å². The zero-order valence-electron chi connectivity index (χ0n) is 19.1. The van der Waals surface area contributed by atoms with Crippen LogP contribution in [-0.4, -0.2) is 33.0 Å². The molecule has 0 bridgehead atoms. The molecule has 8 nitrogen and oxygen atoms in total. The first-order valence-electron chi connectivity index (χ1n) is 10.9. The maximum Gasteiger partial charge on any atom is 0.256 e. The summed E-state index contributed by atoms with van der Waals surface area (Å²) in [5.41, 5.74) is 18.3. The molecule has 1 aliphatic rings. The van der Waals surface area contributed by atoms with Gasteiger partial charge < -0.3 is 16.4 Å². The Hall–Kier alpha value is -4.90. The number of carbonyl (C=O) groups excluding carboxylic acids is 2. The molecular formula is C27H22N6O2. The first-order chi connectivity index (χ1) is 16.8. The SMILES string of the molecule is C=C(CN1Cc2c(-c3cc(-c4cccc(C#N)c4)c4cnn(C)c4c3)ccc(N)c2C1=O)C(N)=O. The van der Waals surface area contributed by atoms with Crippen molar-refractivity contribution in [2.45, 2.75) is 6.54 Å². The number of rotatable bonds is 5. The van der Waals surface area contributed by atoms with E-state index >= 15 is 0 Å². The van der Waals surface area contributed by atoms with Crippen molar-refractivity contribution >= 4 is 28.4 Å². The van der Waals surface area contributed by atoms with Gasteiger partial charge in [0.05, 0.1) is 35.5 Å². The van der Waals surface area contributed by atoms with Gasteiger partial charge in [0.15, 0.2) is 0 Å². The number of carbonyl (C=O) groups is 2. The monoisotopic (exact) mass is 462 g/mol. The minimum Gasteiger partial charge on any atom is -0.398 e. The van der Waals surface area contributed by atoms with Crippen molar-refractivity contribution in [1.29, 1.82) is 5.26 Å². The van der Waals surface area contributed by atoms with Crippen LogP contribution in [0.4, 0.5) is 5.69 Å². The average molecular weight is 463 g/mol. The summed E-state index contributed by atoms with van der Waals surface area (Å²) in [7, 11) is 1.87. The van der Waals surface area contributed by atoms with Gasteiger partial charge in [0.2, 0.25) is 5.91 Å². The molecule has 0 radical (unpaired) electrons. The summed E-state index contributed by atoms with van der Waals surface area (Å²) in [5, 5.41) is 14.8. The van der Waals surface area contributed by atoms with Gasteiger partial charge in [-0.1, -0.05) is 24.8 Å². The molecule has 2 amide bonds. The Bertz CT molecular complexity index is 1610. The second-order valence-corrected chi connectivity index (χ2v) is 8.60. The fraction of sp³-hybridized carbons (Fsp3) is 0.111. The Kier molecular flexibility index (Phi) is 5.10. The van der Waals surface area contributed by atoms with Gasteiger partial charge in [-0.3, -0.25) is 14.3 Å². The number of nitriles is 1. The van der Waals surface area contributed by atoms with Gasteiger partial charge in [-0.05, 0) is 58.1 Å². The topological polar surface area (TPSA) is 131 Å². The summed E-state index contributed by atoms with van der Waals surface area (Å²) in [4.78, 5) is 26.2. The van der Waals surface area contributed by atoms with Gasteiger partial charge in [-0.2, -0.15) is 10.4 Å². The van der Waals surface area contributed by atoms with Gasteiger partial charge in [-0.15, -0.1) is 0 Å². The van der Waals surface area contributed by atoms with E-state index in [1.54, 1.807) is 16.8 Å². The summed E-state index contributed by atoms with van der Waals surface area (Å²) in [6.07, 6.45) is 1.81. The molecule has 0 atom stereocenters.